The van der Waals surface area contributed by atoms with Crippen LogP contribution < -0.4 is 10.1 Å². The van der Waals surface area contributed by atoms with Crippen LogP contribution in [0.15, 0.2) is 24.3 Å². The van der Waals surface area contributed by atoms with E-state index in [0.29, 0.717) is 19.3 Å². The fourth-order valence-electron chi connectivity index (χ4n) is 3.32. The number of nitriles is 1. The molecule has 26 heavy (non-hydrogen) atoms. The molecule has 0 saturated carbocycles. The second-order valence-corrected chi connectivity index (χ2v) is 10.1. The van der Waals surface area contributed by atoms with E-state index < -0.39 is 20.8 Å². The van der Waals surface area contributed by atoms with Crippen molar-refractivity contribution >= 4 is 9.84 Å². The smallest absolute Gasteiger partial charge is 0.165 e. The lowest BCUT2D eigenvalue weighted by atomic mass is 9.88. The second-order valence-electron chi connectivity index (χ2n) is 7.64. The van der Waals surface area contributed by atoms with Gasteiger partial charge in [-0.25, -0.2) is 8.42 Å². The highest BCUT2D eigenvalue weighted by Gasteiger charge is 2.39. The molecule has 0 radical (unpaired) electrons. The molecule has 1 aromatic carbocycles. The largest absolute Gasteiger partial charge is 0.486 e. The van der Waals surface area contributed by atoms with Gasteiger partial charge in [-0.2, -0.15) is 5.26 Å². The Hall–Kier alpha value is -1.58. The van der Waals surface area contributed by atoms with Gasteiger partial charge in [-0.15, -0.1) is 0 Å². The third kappa shape index (κ3) is 4.99. The summed E-state index contributed by atoms with van der Waals surface area (Å²) in [6, 6.07) is 10.0. The van der Waals surface area contributed by atoms with Crippen molar-refractivity contribution in [2.24, 2.45) is 5.92 Å². The number of nitrogens with one attached hydrogen (secondary N) is 1. The molecule has 0 aromatic heterocycles. The summed E-state index contributed by atoms with van der Waals surface area (Å²) in [5, 5.41) is 11.7. The molecular weight excluding hydrogens is 348 g/mol. The van der Waals surface area contributed by atoms with E-state index in [-0.39, 0.29) is 17.7 Å². The summed E-state index contributed by atoms with van der Waals surface area (Å²) in [6.07, 6.45) is 2.65. The number of ether oxygens (including phenoxy) is 1. The van der Waals surface area contributed by atoms with Gasteiger partial charge >= 0.3 is 0 Å². The molecule has 0 saturated heterocycles. The highest BCUT2D eigenvalue weighted by molar-refractivity contribution is 7.91. The average Bonchev–Trinajstić information content (AvgIpc) is 2.60. The van der Waals surface area contributed by atoms with Gasteiger partial charge in [0.05, 0.1) is 12.1 Å². The average molecular weight is 379 g/mol. The summed E-state index contributed by atoms with van der Waals surface area (Å²) in [4.78, 5) is 0. The molecule has 2 rings (SSSR count). The van der Waals surface area contributed by atoms with Crippen LogP contribution in [0.2, 0.25) is 0 Å². The van der Waals surface area contributed by atoms with Crippen molar-refractivity contribution in [2.75, 3.05) is 5.75 Å². The van der Waals surface area contributed by atoms with E-state index in [9.17, 15) is 8.42 Å². The molecule has 0 amide bonds. The Balaban J connectivity index is 2.15. The van der Waals surface area contributed by atoms with Crippen LogP contribution in [-0.4, -0.2) is 31.2 Å². The maximum Gasteiger partial charge on any atom is 0.165 e. The molecule has 0 bridgehead atoms. The SMILES string of the molecule is CCS(=O)(=O)C(CCCC(C)C#N)NC1Cc2ccccc2OC1(C)C. The van der Waals surface area contributed by atoms with E-state index in [1.165, 1.54) is 0 Å². The van der Waals surface area contributed by atoms with E-state index in [0.717, 1.165) is 17.7 Å². The van der Waals surface area contributed by atoms with Crippen molar-refractivity contribution in [3.05, 3.63) is 29.8 Å². The monoisotopic (exact) mass is 378 g/mol. The molecule has 144 valence electrons. The van der Waals surface area contributed by atoms with Gasteiger partial charge in [0.2, 0.25) is 0 Å². The summed E-state index contributed by atoms with van der Waals surface area (Å²) in [6.45, 7) is 7.54. The lowest BCUT2D eigenvalue weighted by molar-refractivity contribution is 0.0464. The number of rotatable bonds is 8. The van der Waals surface area contributed by atoms with E-state index >= 15 is 0 Å². The van der Waals surface area contributed by atoms with Crippen molar-refractivity contribution in [1.29, 1.82) is 5.26 Å². The standard InChI is InChI=1S/C20H30N2O3S/c1-5-26(23,24)19(12-8-9-15(2)14-21)22-18-13-16-10-6-7-11-17(16)25-20(18,3)4/h6-7,10-11,15,18-19,22H,5,8-9,12-13H2,1-4H3. The first-order chi connectivity index (χ1) is 12.2. The number of hydrogen-bond acceptors (Lipinski definition) is 5. The Morgan fingerprint density at radius 3 is 2.69 bits per heavy atom. The Morgan fingerprint density at radius 2 is 2.04 bits per heavy atom. The normalized spacial score (nSPS) is 21.1. The van der Waals surface area contributed by atoms with Crippen molar-refractivity contribution < 1.29 is 13.2 Å². The van der Waals surface area contributed by atoms with Crippen LogP contribution in [0.4, 0.5) is 0 Å². The van der Waals surface area contributed by atoms with E-state index in [4.69, 9.17) is 10.00 Å². The fraction of sp³-hybridized carbons (Fsp3) is 0.650. The molecule has 1 aliphatic rings. The van der Waals surface area contributed by atoms with Gasteiger partial charge in [0.25, 0.3) is 0 Å². The van der Waals surface area contributed by atoms with E-state index in [1.54, 1.807) is 6.92 Å². The minimum absolute atomic E-state index is 0.0543. The van der Waals surface area contributed by atoms with Crippen LogP contribution in [0.3, 0.4) is 0 Å². The van der Waals surface area contributed by atoms with Crippen LogP contribution in [0.5, 0.6) is 5.75 Å². The molecule has 5 nitrogen and oxygen atoms in total. The second kappa shape index (κ2) is 8.41. The van der Waals surface area contributed by atoms with Crippen molar-refractivity contribution in [3.63, 3.8) is 0 Å². The summed E-state index contributed by atoms with van der Waals surface area (Å²) in [5.74, 6) is 0.915. The third-order valence-electron chi connectivity index (χ3n) is 5.16. The van der Waals surface area contributed by atoms with Gasteiger partial charge in [-0.3, -0.25) is 5.32 Å². The Bertz CT molecular complexity index is 753. The number of fused-ring (bicyclic) bond motifs is 1. The van der Waals surface area contributed by atoms with Crippen LogP contribution in [0, 0.1) is 17.2 Å². The van der Waals surface area contributed by atoms with Gasteiger partial charge < -0.3 is 4.74 Å². The van der Waals surface area contributed by atoms with Crippen molar-refractivity contribution in [3.8, 4) is 11.8 Å². The number of benzene rings is 1. The molecule has 0 spiro atoms. The summed E-state index contributed by atoms with van der Waals surface area (Å²) >= 11 is 0. The Labute approximate surface area is 157 Å². The predicted octanol–water partition coefficient (Wildman–Crippen LogP) is 3.45. The molecule has 0 fully saturated rings. The van der Waals surface area contributed by atoms with Gasteiger partial charge in [-0.1, -0.05) is 25.1 Å². The van der Waals surface area contributed by atoms with Crippen LogP contribution in [0.1, 0.15) is 52.5 Å². The molecule has 6 heteroatoms. The molecule has 0 aliphatic carbocycles. The topological polar surface area (TPSA) is 79.2 Å². The van der Waals surface area contributed by atoms with Crippen molar-refractivity contribution in [2.45, 2.75) is 70.4 Å². The molecular formula is C20H30N2O3S. The molecule has 1 heterocycles. The van der Waals surface area contributed by atoms with E-state index in [1.807, 2.05) is 45.0 Å². The number of para-hydroxylation sites is 1. The molecule has 1 N–H and O–H groups in total. The van der Waals surface area contributed by atoms with E-state index in [2.05, 4.69) is 11.4 Å². The van der Waals surface area contributed by atoms with Gasteiger partial charge in [0.15, 0.2) is 9.84 Å². The third-order valence-corrected chi connectivity index (χ3v) is 7.20. The van der Waals surface area contributed by atoms with Crippen molar-refractivity contribution in [1.82, 2.24) is 5.32 Å². The van der Waals surface area contributed by atoms with Crippen LogP contribution in [-0.2, 0) is 16.3 Å². The molecule has 1 aliphatic heterocycles. The first kappa shape index (κ1) is 20.7. The first-order valence-electron chi connectivity index (χ1n) is 9.33. The molecule has 1 aromatic rings. The zero-order valence-electron chi connectivity index (χ0n) is 16.2. The Kier molecular flexibility index (Phi) is 6.70. The molecule has 3 atom stereocenters. The van der Waals surface area contributed by atoms with Crippen LogP contribution in [0.25, 0.3) is 0 Å². The minimum Gasteiger partial charge on any atom is -0.486 e. The zero-order valence-corrected chi connectivity index (χ0v) is 17.0. The van der Waals surface area contributed by atoms with Gasteiger partial charge in [-0.05, 0) is 58.1 Å². The number of sulfone groups is 1. The van der Waals surface area contributed by atoms with Gasteiger partial charge in [0, 0.05) is 11.7 Å². The van der Waals surface area contributed by atoms with Gasteiger partial charge in [0.1, 0.15) is 16.7 Å². The maximum atomic E-state index is 12.6. The summed E-state index contributed by atoms with van der Waals surface area (Å²) in [7, 11) is -3.24. The van der Waals surface area contributed by atoms with Crippen LogP contribution >= 0.6 is 0 Å². The quantitative estimate of drug-likeness (QED) is 0.749. The zero-order chi connectivity index (χ0) is 19.4. The lowest BCUT2D eigenvalue weighted by Gasteiger charge is -2.42. The first-order valence-corrected chi connectivity index (χ1v) is 11.0. The summed E-state index contributed by atoms with van der Waals surface area (Å²) in [5.41, 5.74) is 0.589. The predicted molar refractivity (Wildman–Crippen MR) is 104 cm³/mol. The number of nitrogens with zero attached hydrogens (tertiary/aromatic N) is 1. The summed E-state index contributed by atoms with van der Waals surface area (Å²) < 4.78 is 31.4. The highest BCUT2D eigenvalue weighted by atomic mass is 32.2. The Morgan fingerprint density at radius 1 is 1.35 bits per heavy atom. The minimum atomic E-state index is -3.24. The maximum absolute atomic E-state index is 12.6. The highest BCUT2D eigenvalue weighted by Crippen LogP contribution is 2.33. The number of hydrogen-bond donors (Lipinski definition) is 1. The molecule has 3 unspecified atom stereocenters. The lowest BCUT2D eigenvalue weighted by Crippen LogP contribution is -2.58. The fourth-order valence-corrected chi connectivity index (χ4v) is 4.62.